The first kappa shape index (κ1) is 11.2. The normalized spacial score (nSPS) is 25.8. The molecule has 0 spiro atoms. The van der Waals surface area contributed by atoms with Gasteiger partial charge in [0.25, 0.3) is 0 Å². The molecule has 0 saturated carbocycles. The third-order valence-electron chi connectivity index (χ3n) is 2.02. The number of hydrogen-bond donors (Lipinski definition) is 0. The van der Waals surface area contributed by atoms with Crippen LogP contribution in [0, 0.1) is 5.41 Å². The summed E-state index contributed by atoms with van der Waals surface area (Å²) < 4.78 is 17.0. The fourth-order valence-electron chi connectivity index (χ4n) is 1.11. The smallest absolute Gasteiger partial charge is 0.374 e. The summed E-state index contributed by atoms with van der Waals surface area (Å²) >= 11 is 0. The van der Waals surface area contributed by atoms with Crippen molar-refractivity contribution in [2.24, 2.45) is 5.41 Å². The second-order valence-corrected chi connectivity index (χ2v) is 7.04. The zero-order valence-corrected chi connectivity index (χ0v) is 10.1. The van der Waals surface area contributed by atoms with E-state index in [0.29, 0.717) is 0 Å². The van der Waals surface area contributed by atoms with Crippen molar-refractivity contribution in [3.05, 3.63) is 0 Å². The average molecular weight is 204 g/mol. The molecule has 0 aromatic heterocycles. The van der Waals surface area contributed by atoms with Gasteiger partial charge in [-0.15, -0.1) is 0 Å². The average Bonchev–Trinajstić information content (AvgIpc) is 2.08. The molecular weight excluding hydrogens is 184 g/mol. The summed E-state index contributed by atoms with van der Waals surface area (Å²) in [6, 6.07) is 0. The van der Waals surface area contributed by atoms with Gasteiger partial charge in [-0.2, -0.15) is 0 Å². The van der Waals surface area contributed by atoms with Gasteiger partial charge in [0, 0.05) is 31.8 Å². The predicted molar refractivity (Wildman–Crippen MR) is 53.5 cm³/mol. The van der Waals surface area contributed by atoms with Crippen LogP contribution in [0.25, 0.3) is 0 Å². The molecule has 1 heterocycles. The number of hydrogen-bond acceptors (Lipinski definition) is 3. The molecule has 78 valence electrons. The quantitative estimate of drug-likeness (QED) is 0.659. The standard InChI is InChI=1S/C9H20O3Si/c1-5-6-10-13(4)11-7-9(2,3)8-12-13/h5-8H2,1-4H3. The molecule has 0 N–H and O–H groups in total. The Kier molecular flexibility index (Phi) is 3.51. The van der Waals surface area contributed by atoms with Crippen molar-refractivity contribution in [1.29, 1.82) is 0 Å². The lowest BCUT2D eigenvalue weighted by molar-refractivity contribution is -0.0381. The first-order chi connectivity index (χ1) is 5.97. The summed E-state index contributed by atoms with van der Waals surface area (Å²) in [5.41, 5.74) is 0.141. The first-order valence-electron chi connectivity index (χ1n) is 4.89. The van der Waals surface area contributed by atoms with Crippen LogP contribution in [0.15, 0.2) is 0 Å². The Labute approximate surface area is 81.7 Å². The molecule has 1 rings (SSSR count). The van der Waals surface area contributed by atoms with Crippen molar-refractivity contribution in [3.8, 4) is 0 Å². The van der Waals surface area contributed by atoms with Crippen LogP contribution in [0.2, 0.25) is 6.55 Å². The summed E-state index contributed by atoms with van der Waals surface area (Å²) in [5, 5.41) is 0. The summed E-state index contributed by atoms with van der Waals surface area (Å²) in [4.78, 5) is 0. The molecule has 0 aliphatic carbocycles. The van der Waals surface area contributed by atoms with E-state index in [1.165, 1.54) is 0 Å². The largest absolute Gasteiger partial charge is 0.497 e. The maximum absolute atomic E-state index is 5.68. The monoisotopic (exact) mass is 204 g/mol. The molecular formula is C9H20O3Si. The van der Waals surface area contributed by atoms with Crippen LogP contribution in [0.4, 0.5) is 0 Å². The molecule has 0 unspecified atom stereocenters. The van der Waals surface area contributed by atoms with Crippen molar-refractivity contribution in [1.82, 2.24) is 0 Å². The predicted octanol–water partition coefficient (Wildman–Crippen LogP) is 2.05. The highest BCUT2D eigenvalue weighted by Crippen LogP contribution is 2.26. The lowest BCUT2D eigenvalue weighted by atomic mass is 9.97. The van der Waals surface area contributed by atoms with E-state index in [-0.39, 0.29) is 5.41 Å². The molecule has 0 amide bonds. The Balaban J connectivity index is 2.37. The Hall–Kier alpha value is 0.0969. The maximum Gasteiger partial charge on any atom is 0.497 e. The molecule has 4 heteroatoms. The van der Waals surface area contributed by atoms with E-state index in [2.05, 4.69) is 20.8 Å². The Bertz CT molecular complexity index is 160. The molecule has 0 radical (unpaired) electrons. The Morgan fingerprint density at radius 3 is 2.31 bits per heavy atom. The van der Waals surface area contributed by atoms with Crippen LogP contribution >= 0.6 is 0 Å². The zero-order valence-electron chi connectivity index (χ0n) is 9.05. The maximum atomic E-state index is 5.68. The second-order valence-electron chi connectivity index (χ2n) is 4.45. The molecule has 13 heavy (non-hydrogen) atoms. The Morgan fingerprint density at radius 2 is 1.85 bits per heavy atom. The van der Waals surface area contributed by atoms with Gasteiger partial charge < -0.3 is 13.3 Å². The van der Waals surface area contributed by atoms with Crippen LogP contribution in [-0.4, -0.2) is 28.6 Å². The van der Waals surface area contributed by atoms with E-state index in [1.54, 1.807) is 0 Å². The summed E-state index contributed by atoms with van der Waals surface area (Å²) in [6.07, 6.45) is 1.01. The molecule has 0 bridgehead atoms. The molecule has 1 fully saturated rings. The molecule has 0 aromatic rings. The van der Waals surface area contributed by atoms with Gasteiger partial charge in [-0.05, 0) is 6.42 Å². The number of rotatable bonds is 3. The molecule has 0 atom stereocenters. The zero-order chi connectivity index (χ0) is 9.95. The summed E-state index contributed by atoms with van der Waals surface area (Å²) in [5.74, 6) is 0. The van der Waals surface area contributed by atoms with E-state index in [0.717, 1.165) is 26.2 Å². The summed E-state index contributed by atoms with van der Waals surface area (Å²) in [6.45, 7) is 10.6. The molecule has 1 saturated heterocycles. The third-order valence-corrected chi connectivity index (χ3v) is 4.08. The SMILES string of the molecule is CCCO[Si]1(C)OCC(C)(C)CO1. The van der Waals surface area contributed by atoms with Crippen LogP contribution in [-0.2, 0) is 13.3 Å². The van der Waals surface area contributed by atoms with Crippen molar-refractivity contribution in [3.63, 3.8) is 0 Å². The lowest BCUT2D eigenvalue weighted by Crippen LogP contribution is -2.52. The highest BCUT2D eigenvalue weighted by atomic mass is 28.4. The van der Waals surface area contributed by atoms with E-state index >= 15 is 0 Å². The van der Waals surface area contributed by atoms with Crippen molar-refractivity contribution in [2.45, 2.75) is 33.7 Å². The molecule has 3 nitrogen and oxygen atoms in total. The van der Waals surface area contributed by atoms with Gasteiger partial charge in [0.1, 0.15) is 0 Å². The van der Waals surface area contributed by atoms with Gasteiger partial charge in [-0.25, -0.2) is 0 Å². The van der Waals surface area contributed by atoms with Gasteiger partial charge >= 0.3 is 8.80 Å². The van der Waals surface area contributed by atoms with Crippen molar-refractivity contribution in [2.75, 3.05) is 19.8 Å². The fraction of sp³-hybridized carbons (Fsp3) is 1.00. The minimum absolute atomic E-state index is 0.141. The minimum atomic E-state index is -2.25. The van der Waals surface area contributed by atoms with E-state index in [9.17, 15) is 0 Å². The molecule has 0 aromatic carbocycles. The highest BCUT2D eigenvalue weighted by molar-refractivity contribution is 6.59. The van der Waals surface area contributed by atoms with E-state index < -0.39 is 8.80 Å². The summed E-state index contributed by atoms with van der Waals surface area (Å²) in [7, 11) is -2.25. The molecule has 1 aliphatic rings. The van der Waals surface area contributed by atoms with Crippen LogP contribution in [0.3, 0.4) is 0 Å². The second kappa shape index (κ2) is 4.08. The van der Waals surface area contributed by atoms with Gasteiger partial charge in [-0.1, -0.05) is 20.8 Å². The van der Waals surface area contributed by atoms with Gasteiger partial charge in [0.05, 0.1) is 0 Å². The third kappa shape index (κ3) is 3.38. The van der Waals surface area contributed by atoms with Gasteiger partial charge in [-0.3, -0.25) is 0 Å². The van der Waals surface area contributed by atoms with Crippen molar-refractivity contribution >= 4 is 8.80 Å². The van der Waals surface area contributed by atoms with E-state index in [4.69, 9.17) is 13.3 Å². The fourth-order valence-corrected chi connectivity index (χ4v) is 3.24. The molecule has 1 aliphatic heterocycles. The first-order valence-corrected chi connectivity index (χ1v) is 7.12. The van der Waals surface area contributed by atoms with Crippen molar-refractivity contribution < 1.29 is 13.3 Å². The van der Waals surface area contributed by atoms with Gasteiger partial charge in [0.2, 0.25) is 0 Å². The minimum Gasteiger partial charge on any atom is -0.374 e. The van der Waals surface area contributed by atoms with Crippen LogP contribution in [0.5, 0.6) is 0 Å². The van der Waals surface area contributed by atoms with Crippen LogP contribution in [0.1, 0.15) is 27.2 Å². The lowest BCUT2D eigenvalue weighted by Gasteiger charge is -2.38. The topological polar surface area (TPSA) is 27.7 Å². The van der Waals surface area contributed by atoms with E-state index in [1.807, 2.05) is 6.55 Å². The van der Waals surface area contributed by atoms with Crippen LogP contribution < -0.4 is 0 Å². The Morgan fingerprint density at radius 1 is 1.31 bits per heavy atom. The highest BCUT2D eigenvalue weighted by Gasteiger charge is 2.42. The van der Waals surface area contributed by atoms with Gasteiger partial charge in [0.15, 0.2) is 0 Å².